The summed E-state index contributed by atoms with van der Waals surface area (Å²) >= 11 is 1.36. The number of hydrogen-bond donors (Lipinski definition) is 0. The summed E-state index contributed by atoms with van der Waals surface area (Å²) in [5.74, 6) is 0. The first-order valence-corrected chi connectivity index (χ1v) is 7.35. The number of nitro groups is 1. The Morgan fingerprint density at radius 1 is 1.00 bits per heavy atom. The largest absolute Gasteiger partial charge is 0.288 e. The fourth-order valence-electron chi connectivity index (χ4n) is 2.23. The molecule has 0 heterocycles. The van der Waals surface area contributed by atoms with Gasteiger partial charge >= 0.3 is 0 Å². The summed E-state index contributed by atoms with van der Waals surface area (Å²) in [6.45, 7) is 0. The summed E-state index contributed by atoms with van der Waals surface area (Å²) < 4.78 is 0. The molecule has 0 radical (unpaired) electrons. The summed E-state index contributed by atoms with van der Waals surface area (Å²) in [5.41, 5.74) is -0.0565. The smallest absolute Gasteiger partial charge is 0.258 e. The first-order chi connectivity index (χ1) is 10.7. The van der Waals surface area contributed by atoms with Gasteiger partial charge in [0.05, 0.1) is 4.92 Å². The van der Waals surface area contributed by atoms with Gasteiger partial charge in [-0.15, -0.1) is 0 Å². The van der Waals surface area contributed by atoms with Crippen molar-refractivity contribution < 1.29 is 4.92 Å². The van der Waals surface area contributed by atoms with Gasteiger partial charge in [-0.2, -0.15) is 5.26 Å². The first-order valence-electron chi connectivity index (χ1n) is 6.53. The second-order valence-electron chi connectivity index (χ2n) is 4.63. The summed E-state index contributed by atoms with van der Waals surface area (Å²) in [6, 6.07) is 20.6. The number of hydrogen-bond acceptors (Lipinski definition) is 4. The van der Waals surface area contributed by atoms with Crippen LogP contribution >= 0.6 is 11.8 Å². The molecule has 0 spiro atoms. The van der Waals surface area contributed by atoms with E-state index in [-0.39, 0.29) is 11.3 Å². The van der Waals surface area contributed by atoms with E-state index in [9.17, 15) is 15.4 Å². The van der Waals surface area contributed by atoms with Crippen molar-refractivity contribution in [1.82, 2.24) is 0 Å². The van der Waals surface area contributed by atoms with Gasteiger partial charge in [-0.1, -0.05) is 48.2 Å². The van der Waals surface area contributed by atoms with Crippen LogP contribution in [0.5, 0.6) is 0 Å². The van der Waals surface area contributed by atoms with E-state index in [1.807, 2.05) is 48.5 Å². The standard InChI is InChI=1S/C17H10N2O2S/c18-11-15-16(19(20)21)6-3-7-17(15)22-14-9-8-12-4-1-2-5-13(12)10-14/h1-10H. The monoisotopic (exact) mass is 306 g/mol. The highest BCUT2D eigenvalue weighted by molar-refractivity contribution is 7.99. The molecule has 0 bridgehead atoms. The lowest BCUT2D eigenvalue weighted by Crippen LogP contribution is -1.93. The Morgan fingerprint density at radius 2 is 1.77 bits per heavy atom. The molecule has 0 fully saturated rings. The van der Waals surface area contributed by atoms with Crippen molar-refractivity contribution in [2.75, 3.05) is 0 Å². The topological polar surface area (TPSA) is 66.9 Å². The number of benzene rings is 3. The summed E-state index contributed by atoms with van der Waals surface area (Å²) in [4.78, 5) is 12.0. The van der Waals surface area contributed by atoms with Crippen molar-refractivity contribution in [2.24, 2.45) is 0 Å². The first kappa shape index (κ1) is 14.1. The highest BCUT2D eigenvalue weighted by atomic mass is 32.2. The molecule has 0 amide bonds. The van der Waals surface area contributed by atoms with Crippen LogP contribution in [-0.4, -0.2) is 4.92 Å². The fourth-order valence-corrected chi connectivity index (χ4v) is 3.20. The molecule has 3 rings (SSSR count). The summed E-state index contributed by atoms with van der Waals surface area (Å²) in [7, 11) is 0. The van der Waals surface area contributed by atoms with E-state index < -0.39 is 4.92 Å². The van der Waals surface area contributed by atoms with Crippen molar-refractivity contribution >= 4 is 28.2 Å². The van der Waals surface area contributed by atoms with Gasteiger partial charge in [0.15, 0.2) is 0 Å². The predicted octanol–water partition coefficient (Wildman–Crippen LogP) is 4.77. The van der Waals surface area contributed by atoms with Gasteiger partial charge < -0.3 is 0 Å². The van der Waals surface area contributed by atoms with E-state index in [4.69, 9.17) is 0 Å². The van der Waals surface area contributed by atoms with Crippen molar-refractivity contribution in [1.29, 1.82) is 5.26 Å². The van der Waals surface area contributed by atoms with E-state index in [0.717, 1.165) is 15.7 Å². The molecule has 0 unspecified atom stereocenters. The van der Waals surface area contributed by atoms with Crippen LogP contribution < -0.4 is 0 Å². The quantitative estimate of drug-likeness (QED) is 0.516. The van der Waals surface area contributed by atoms with Gasteiger partial charge in [0, 0.05) is 15.9 Å². The highest BCUT2D eigenvalue weighted by Crippen LogP contribution is 2.35. The average molecular weight is 306 g/mol. The predicted molar refractivity (Wildman–Crippen MR) is 85.9 cm³/mol. The Bertz CT molecular complexity index is 916. The van der Waals surface area contributed by atoms with E-state index in [0.29, 0.717) is 4.90 Å². The van der Waals surface area contributed by atoms with Gasteiger partial charge in [-0.05, 0) is 29.0 Å². The van der Waals surface area contributed by atoms with E-state index in [1.165, 1.54) is 17.8 Å². The maximum absolute atomic E-state index is 11.0. The highest BCUT2D eigenvalue weighted by Gasteiger charge is 2.17. The molecule has 4 nitrogen and oxygen atoms in total. The number of fused-ring (bicyclic) bond motifs is 1. The SMILES string of the molecule is N#Cc1c(Sc2ccc3ccccc3c2)cccc1[N+](=O)[O-]. The zero-order chi connectivity index (χ0) is 15.5. The Balaban J connectivity index is 2.03. The lowest BCUT2D eigenvalue weighted by atomic mass is 10.1. The molecular formula is C17H10N2O2S. The molecule has 0 atom stereocenters. The number of rotatable bonds is 3. The normalized spacial score (nSPS) is 10.3. The molecule has 3 aromatic rings. The molecule has 0 saturated heterocycles. The molecule has 0 aliphatic carbocycles. The molecule has 3 aromatic carbocycles. The minimum atomic E-state index is -0.525. The lowest BCUT2D eigenvalue weighted by molar-refractivity contribution is -0.385. The third kappa shape index (κ3) is 2.65. The molecular weight excluding hydrogens is 296 g/mol. The van der Waals surface area contributed by atoms with Crippen LogP contribution in [0, 0.1) is 21.4 Å². The number of nitrogens with zero attached hydrogens (tertiary/aromatic N) is 2. The molecule has 0 saturated carbocycles. The third-order valence-electron chi connectivity index (χ3n) is 3.26. The Morgan fingerprint density at radius 3 is 2.50 bits per heavy atom. The maximum Gasteiger partial charge on any atom is 0.288 e. The minimum Gasteiger partial charge on any atom is -0.258 e. The van der Waals surface area contributed by atoms with Gasteiger partial charge in [0.2, 0.25) is 0 Å². The molecule has 0 aliphatic rings. The second kappa shape index (κ2) is 5.88. The van der Waals surface area contributed by atoms with Crippen LogP contribution in [0.4, 0.5) is 5.69 Å². The second-order valence-corrected chi connectivity index (χ2v) is 5.75. The van der Waals surface area contributed by atoms with Crippen molar-refractivity contribution in [2.45, 2.75) is 9.79 Å². The van der Waals surface area contributed by atoms with Crippen LogP contribution in [-0.2, 0) is 0 Å². The summed E-state index contributed by atoms with van der Waals surface area (Å²) in [5, 5.41) is 22.5. The molecule has 0 aliphatic heterocycles. The van der Waals surface area contributed by atoms with Crippen LogP contribution in [0.1, 0.15) is 5.56 Å². The molecule has 22 heavy (non-hydrogen) atoms. The van der Waals surface area contributed by atoms with E-state index in [2.05, 4.69) is 0 Å². The van der Waals surface area contributed by atoms with Crippen molar-refractivity contribution in [3.8, 4) is 6.07 Å². The van der Waals surface area contributed by atoms with Gasteiger partial charge in [-0.25, -0.2) is 0 Å². The maximum atomic E-state index is 11.0. The Kier molecular flexibility index (Phi) is 3.77. The lowest BCUT2D eigenvalue weighted by Gasteiger charge is -2.06. The number of nitriles is 1. The molecule has 106 valence electrons. The Hall–Kier alpha value is -2.84. The van der Waals surface area contributed by atoms with Gasteiger partial charge in [0.1, 0.15) is 11.6 Å². The molecule has 0 aromatic heterocycles. The zero-order valence-corrected chi connectivity index (χ0v) is 12.2. The van der Waals surface area contributed by atoms with Crippen molar-refractivity contribution in [3.05, 3.63) is 76.3 Å². The fraction of sp³-hybridized carbons (Fsp3) is 0. The summed E-state index contributed by atoms with van der Waals surface area (Å²) in [6.07, 6.45) is 0. The molecule has 0 N–H and O–H groups in total. The van der Waals surface area contributed by atoms with Crippen LogP contribution in [0.2, 0.25) is 0 Å². The van der Waals surface area contributed by atoms with Crippen molar-refractivity contribution in [3.63, 3.8) is 0 Å². The van der Waals surface area contributed by atoms with Crippen LogP contribution in [0.25, 0.3) is 10.8 Å². The molecule has 5 heteroatoms. The van der Waals surface area contributed by atoms with Gasteiger partial charge in [-0.3, -0.25) is 10.1 Å². The van der Waals surface area contributed by atoms with Gasteiger partial charge in [0.25, 0.3) is 5.69 Å². The third-order valence-corrected chi connectivity index (χ3v) is 4.31. The van der Waals surface area contributed by atoms with E-state index >= 15 is 0 Å². The average Bonchev–Trinajstić information content (AvgIpc) is 2.54. The van der Waals surface area contributed by atoms with E-state index in [1.54, 1.807) is 12.1 Å². The van der Waals surface area contributed by atoms with Crippen LogP contribution in [0.15, 0.2) is 70.5 Å². The van der Waals surface area contributed by atoms with Crippen LogP contribution in [0.3, 0.4) is 0 Å². The zero-order valence-electron chi connectivity index (χ0n) is 11.4. The Labute approximate surface area is 131 Å². The number of nitro benzene ring substituents is 1. The minimum absolute atomic E-state index is 0.102.